The molecule has 2 aromatic rings. The standard InChI is InChI=1S/C22H27N3O4/c26-17-13-15(12-14-4-2-1-3-5-14)18-19(27)23-21(24-20(18)28-17)29-25-16-6-8-22(9-7-16)10-11-22/h13-14H,1-12H2,(H,23,24,27). The molecule has 7 nitrogen and oxygen atoms in total. The Morgan fingerprint density at radius 1 is 1.14 bits per heavy atom. The Morgan fingerprint density at radius 2 is 1.90 bits per heavy atom. The summed E-state index contributed by atoms with van der Waals surface area (Å²) in [5.41, 5.74) is 1.49. The van der Waals surface area contributed by atoms with Crippen molar-refractivity contribution < 1.29 is 9.25 Å². The molecule has 2 heterocycles. The molecule has 0 atom stereocenters. The summed E-state index contributed by atoms with van der Waals surface area (Å²) in [6, 6.07) is 1.41. The van der Waals surface area contributed by atoms with Gasteiger partial charge in [-0.3, -0.25) is 9.78 Å². The molecule has 0 saturated heterocycles. The average molecular weight is 397 g/mol. The molecule has 5 rings (SSSR count). The second-order valence-corrected chi connectivity index (χ2v) is 9.10. The van der Waals surface area contributed by atoms with Crippen LogP contribution in [-0.2, 0) is 6.42 Å². The zero-order valence-corrected chi connectivity index (χ0v) is 16.7. The van der Waals surface area contributed by atoms with E-state index in [9.17, 15) is 9.59 Å². The number of H-pyrrole nitrogens is 1. The van der Waals surface area contributed by atoms with Crippen LogP contribution < -0.4 is 16.0 Å². The lowest BCUT2D eigenvalue weighted by molar-refractivity contribution is 0.302. The zero-order valence-electron chi connectivity index (χ0n) is 16.7. The van der Waals surface area contributed by atoms with E-state index in [-0.39, 0.29) is 17.3 Å². The molecular formula is C22H27N3O4. The monoisotopic (exact) mass is 397 g/mol. The normalized spacial score (nSPS) is 21.4. The predicted octanol–water partition coefficient (Wildman–Crippen LogP) is 4.09. The Hall–Kier alpha value is -2.44. The van der Waals surface area contributed by atoms with Gasteiger partial charge < -0.3 is 9.25 Å². The van der Waals surface area contributed by atoms with Gasteiger partial charge in [0.15, 0.2) is 0 Å². The first-order chi connectivity index (χ1) is 14.1. The summed E-state index contributed by atoms with van der Waals surface area (Å²) in [6.45, 7) is 0. The van der Waals surface area contributed by atoms with Crippen molar-refractivity contribution in [3.05, 3.63) is 32.4 Å². The van der Waals surface area contributed by atoms with Crippen molar-refractivity contribution in [3.63, 3.8) is 0 Å². The van der Waals surface area contributed by atoms with Crippen LogP contribution in [0.3, 0.4) is 0 Å². The van der Waals surface area contributed by atoms with Crippen molar-refractivity contribution in [1.82, 2.24) is 9.97 Å². The smallest absolute Gasteiger partial charge is 0.337 e. The van der Waals surface area contributed by atoms with Crippen molar-refractivity contribution in [1.29, 1.82) is 0 Å². The minimum Gasteiger partial charge on any atom is -0.403 e. The van der Waals surface area contributed by atoms with Crippen LogP contribution in [0.15, 0.2) is 25.2 Å². The van der Waals surface area contributed by atoms with E-state index in [1.165, 1.54) is 38.2 Å². The predicted molar refractivity (Wildman–Crippen MR) is 109 cm³/mol. The number of aromatic nitrogens is 2. The van der Waals surface area contributed by atoms with Crippen LogP contribution in [0.25, 0.3) is 11.1 Å². The maximum absolute atomic E-state index is 12.7. The first-order valence-corrected chi connectivity index (χ1v) is 10.9. The summed E-state index contributed by atoms with van der Waals surface area (Å²) >= 11 is 0. The highest BCUT2D eigenvalue weighted by molar-refractivity contribution is 5.85. The van der Waals surface area contributed by atoms with Gasteiger partial charge in [-0.25, -0.2) is 4.79 Å². The SMILES string of the molecule is O=c1cc(CC2CCCCC2)c2c(=O)[nH]c(ON=C3CCC4(CC3)CC4)nc2o1. The van der Waals surface area contributed by atoms with Crippen molar-refractivity contribution in [2.75, 3.05) is 0 Å². The fourth-order valence-corrected chi connectivity index (χ4v) is 4.98. The van der Waals surface area contributed by atoms with Gasteiger partial charge in [-0.1, -0.05) is 37.3 Å². The summed E-state index contributed by atoms with van der Waals surface area (Å²) in [5.74, 6) is 0.497. The molecule has 3 fully saturated rings. The van der Waals surface area contributed by atoms with Crippen molar-refractivity contribution in [2.45, 2.75) is 77.0 Å². The van der Waals surface area contributed by atoms with E-state index >= 15 is 0 Å². The number of fused-ring (bicyclic) bond motifs is 1. The van der Waals surface area contributed by atoms with E-state index in [0.29, 0.717) is 23.1 Å². The highest BCUT2D eigenvalue weighted by atomic mass is 16.6. The second-order valence-electron chi connectivity index (χ2n) is 9.10. The van der Waals surface area contributed by atoms with Gasteiger partial charge >= 0.3 is 11.6 Å². The van der Waals surface area contributed by atoms with Crippen LogP contribution in [-0.4, -0.2) is 15.7 Å². The quantitative estimate of drug-likeness (QED) is 0.784. The summed E-state index contributed by atoms with van der Waals surface area (Å²) in [4.78, 5) is 37.1. The second kappa shape index (κ2) is 7.43. The fraction of sp³-hybridized carbons (Fsp3) is 0.636. The van der Waals surface area contributed by atoms with E-state index < -0.39 is 5.63 Å². The van der Waals surface area contributed by atoms with Gasteiger partial charge in [0.2, 0.25) is 5.71 Å². The Labute approximate surface area is 168 Å². The van der Waals surface area contributed by atoms with E-state index in [0.717, 1.165) is 49.8 Å². The first kappa shape index (κ1) is 18.6. The largest absolute Gasteiger partial charge is 0.403 e. The molecule has 1 N–H and O–H groups in total. The molecule has 0 bridgehead atoms. The lowest BCUT2D eigenvalue weighted by atomic mass is 9.84. The molecule has 7 heteroatoms. The minimum absolute atomic E-state index is 0.0281. The number of nitrogens with one attached hydrogen (secondary N) is 1. The number of nitrogens with zero attached hydrogens (tertiary/aromatic N) is 2. The van der Waals surface area contributed by atoms with Crippen molar-refractivity contribution >= 4 is 16.8 Å². The van der Waals surface area contributed by atoms with E-state index in [4.69, 9.17) is 9.25 Å². The van der Waals surface area contributed by atoms with Crippen molar-refractivity contribution in [2.24, 2.45) is 16.5 Å². The number of hydrogen-bond acceptors (Lipinski definition) is 6. The highest BCUT2D eigenvalue weighted by Gasteiger charge is 2.44. The molecular weight excluding hydrogens is 370 g/mol. The number of aromatic amines is 1. The van der Waals surface area contributed by atoms with E-state index in [2.05, 4.69) is 15.1 Å². The van der Waals surface area contributed by atoms with Crippen LogP contribution >= 0.6 is 0 Å². The first-order valence-electron chi connectivity index (χ1n) is 10.9. The van der Waals surface area contributed by atoms with Gasteiger partial charge in [0, 0.05) is 6.07 Å². The van der Waals surface area contributed by atoms with E-state index in [1.807, 2.05) is 0 Å². The van der Waals surface area contributed by atoms with Gasteiger partial charge in [0.25, 0.3) is 5.56 Å². The molecule has 0 amide bonds. The zero-order chi connectivity index (χ0) is 19.8. The van der Waals surface area contributed by atoms with Crippen LogP contribution in [0.4, 0.5) is 0 Å². The lowest BCUT2D eigenvalue weighted by Crippen LogP contribution is -2.18. The molecule has 3 saturated carbocycles. The third-order valence-electron chi connectivity index (χ3n) is 7.01. The molecule has 0 aliphatic heterocycles. The third-order valence-corrected chi connectivity index (χ3v) is 7.01. The fourth-order valence-electron chi connectivity index (χ4n) is 4.98. The van der Waals surface area contributed by atoms with Gasteiger partial charge in [-0.2, -0.15) is 4.98 Å². The molecule has 0 unspecified atom stereocenters. The molecule has 3 aliphatic rings. The molecule has 0 radical (unpaired) electrons. The minimum atomic E-state index is -0.485. The molecule has 1 spiro atoms. The Balaban J connectivity index is 1.39. The van der Waals surface area contributed by atoms with Gasteiger partial charge in [-0.05, 0) is 61.8 Å². The van der Waals surface area contributed by atoms with Gasteiger partial charge in [0.1, 0.15) is 5.39 Å². The van der Waals surface area contributed by atoms with E-state index in [1.54, 1.807) is 0 Å². The van der Waals surface area contributed by atoms with Crippen LogP contribution in [0.1, 0.15) is 76.2 Å². The average Bonchev–Trinajstić information content (AvgIpc) is 3.47. The molecule has 3 aliphatic carbocycles. The highest BCUT2D eigenvalue weighted by Crippen LogP contribution is 2.55. The molecule has 154 valence electrons. The molecule has 0 aromatic carbocycles. The molecule has 2 aromatic heterocycles. The maximum Gasteiger partial charge on any atom is 0.337 e. The summed E-state index contributed by atoms with van der Waals surface area (Å²) in [6.07, 6.45) is 13.5. The van der Waals surface area contributed by atoms with Gasteiger partial charge in [-0.15, -0.1) is 0 Å². The number of oxime groups is 1. The molecule has 29 heavy (non-hydrogen) atoms. The van der Waals surface area contributed by atoms with Gasteiger partial charge in [0.05, 0.1) is 5.71 Å². The maximum atomic E-state index is 12.7. The Bertz CT molecular complexity index is 1050. The summed E-state index contributed by atoms with van der Waals surface area (Å²) < 4.78 is 5.23. The summed E-state index contributed by atoms with van der Waals surface area (Å²) in [7, 11) is 0. The van der Waals surface area contributed by atoms with Crippen LogP contribution in [0.2, 0.25) is 0 Å². The lowest BCUT2D eigenvalue weighted by Gasteiger charge is -2.21. The topological polar surface area (TPSA) is 97.5 Å². The number of rotatable bonds is 4. The van der Waals surface area contributed by atoms with Crippen LogP contribution in [0, 0.1) is 11.3 Å². The Morgan fingerprint density at radius 3 is 2.62 bits per heavy atom. The third kappa shape index (κ3) is 4.00. The number of hydrogen-bond donors (Lipinski definition) is 1. The summed E-state index contributed by atoms with van der Waals surface area (Å²) in [5, 5.41) is 4.55. The van der Waals surface area contributed by atoms with Crippen LogP contribution in [0.5, 0.6) is 6.01 Å². The van der Waals surface area contributed by atoms with Crippen molar-refractivity contribution in [3.8, 4) is 6.01 Å². The Kier molecular flexibility index (Phi) is 4.76.